The fraction of sp³-hybridized carbons (Fsp3) is 0.222. The van der Waals surface area contributed by atoms with E-state index in [2.05, 4.69) is 0 Å². The number of hydrogen-bond donors (Lipinski definition) is 1. The average molecular weight is 315 g/mol. The predicted molar refractivity (Wildman–Crippen MR) is 84.2 cm³/mol. The van der Waals surface area contributed by atoms with Gasteiger partial charge in [-0.2, -0.15) is 0 Å². The first kappa shape index (κ1) is 16.7. The van der Waals surface area contributed by atoms with Gasteiger partial charge in [0.05, 0.1) is 6.42 Å². The van der Waals surface area contributed by atoms with E-state index in [1.165, 1.54) is 12.1 Å². The maximum atomic E-state index is 12.9. The fourth-order valence-corrected chi connectivity index (χ4v) is 2.20. The van der Waals surface area contributed by atoms with Gasteiger partial charge in [0.15, 0.2) is 0 Å². The molecule has 0 spiro atoms. The molecule has 4 nitrogen and oxygen atoms in total. The maximum Gasteiger partial charge on any atom is 0.306 e. The Balaban J connectivity index is 1.88. The van der Waals surface area contributed by atoms with Crippen LogP contribution in [0.5, 0.6) is 0 Å². The van der Waals surface area contributed by atoms with E-state index in [9.17, 15) is 14.0 Å². The number of carbonyl (C=O) groups excluding carboxylic acids is 2. The summed E-state index contributed by atoms with van der Waals surface area (Å²) in [5.74, 6) is -1.26. The molecule has 0 aliphatic rings. The Morgan fingerprint density at radius 3 is 2.52 bits per heavy atom. The van der Waals surface area contributed by atoms with Crippen LogP contribution in [0.3, 0.4) is 0 Å². The molecule has 0 saturated heterocycles. The monoisotopic (exact) mass is 315 g/mol. The van der Waals surface area contributed by atoms with Crippen molar-refractivity contribution in [3.8, 4) is 0 Å². The van der Waals surface area contributed by atoms with Crippen LogP contribution in [0.4, 0.5) is 4.39 Å². The number of nitrogens with two attached hydrogens (primary N) is 1. The number of benzene rings is 2. The van der Waals surface area contributed by atoms with Gasteiger partial charge in [0.25, 0.3) is 0 Å². The third kappa shape index (κ3) is 4.92. The van der Waals surface area contributed by atoms with Crippen molar-refractivity contribution in [1.29, 1.82) is 0 Å². The van der Waals surface area contributed by atoms with Gasteiger partial charge in [-0.3, -0.25) is 9.59 Å². The van der Waals surface area contributed by atoms with E-state index in [0.717, 1.165) is 5.56 Å². The summed E-state index contributed by atoms with van der Waals surface area (Å²) in [7, 11) is 0. The highest BCUT2D eigenvalue weighted by molar-refractivity contribution is 5.92. The van der Waals surface area contributed by atoms with Crippen LogP contribution >= 0.6 is 0 Å². The molecule has 5 heteroatoms. The van der Waals surface area contributed by atoms with E-state index in [0.29, 0.717) is 11.1 Å². The second kappa shape index (κ2) is 7.54. The molecule has 1 atom stereocenters. The van der Waals surface area contributed by atoms with Gasteiger partial charge in [0, 0.05) is 5.56 Å². The first-order valence-electron chi connectivity index (χ1n) is 7.25. The Bertz CT molecular complexity index is 698. The van der Waals surface area contributed by atoms with Crippen LogP contribution < -0.4 is 5.73 Å². The third-order valence-corrected chi connectivity index (χ3v) is 3.52. The first-order valence-corrected chi connectivity index (χ1v) is 7.25. The number of primary amides is 1. The smallest absolute Gasteiger partial charge is 0.306 e. The molecule has 0 fully saturated rings. The quantitative estimate of drug-likeness (QED) is 0.832. The standard InChI is InChI=1S/C18H18FNO3/c1-12(14-5-7-16(19)8-6-14)9-17(21)23-11-13-3-2-4-15(10-13)18(20)22/h2-8,10,12H,9,11H2,1H3,(H2,20,22). The van der Waals surface area contributed by atoms with Crippen molar-refractivity contribution in [2.45, 2.75) is 25.9 Å². The molecule has 0 heterocycles. The number of ether oxygens (including phenoxy) is 1. The van der Waals surface area contributed by atoms with Gasteiger partial charge < -0.3 is 10.5 Å². The van der Waals surface area contributed by atoms with Crippen molar-refractivity contribution in [3.63, 3.8) is 0 Å². The fourth-order valence-electron chi connectivity index (χ4n) is 2.20. The van der Waals surface area contributed by atoms with Gasteiger partial charge in [0.2, 0.25) is 5.91 Å². The van der Waals surface area contributed by atoms with Crippen molar-refractivity contribution in [2.75, 3.05) is 0 Å². The van der Waals surface area contributed by atoms with Crippen LogP contribution in [0.15, 0.2) is 48.5 Å². The SMILES string of the molecule is CC(CC(=O)OCc1cccc(C(N)=O)c1)c1ccc(F)cc1. The second-order valence-corrected chi connectivity index (χ2v) is 5.38. The predicted octanol–water partition coefficient (Wildman–Crippen LogP) is 3.16. The lowest BCUT2D eigenvalue weighted by Gasteiger charge is -2.12. The lowest BCUT2D eigenvalue weighted by Crippen LogP contribution is -2.12. The highest BCUT2D eigenvalue weighted by Crippen LogP contribution is 2.20. The van der Waals surface area contributed by atoms with Gasteiger partial charge in [-0.05, 0) is 41.3 Å². The van der Waals surface area contributed by atoms with E-state index in [1.54, 1.807) is 36.4 Å². The molecule has 23 heavy (non-hydrogen) atoms. The molecule has 0 aliphatic heterocycles. The summed E-state index contributed by atoms with van der Waals surface area (Å²) in [6.07, 6.45) is 0.196. The molecule has 0 saturated carbocycles. The van der Waals surface area contributed by atoms with E-state index >= 15 is 0 Å². The van der Waals surface area contributed by atoms with Crippen molar-refractivity contribution >= 4 is 11.9 Å². The first-order chi connectivity index (χ1) is 11.0. The molecule has 2 aromatic carbocycles. The average Bonchev–Trinajstić information content (AvgIpc) is 2.53. The summed E-state index contributed by atoms with van der Waals surface area (Å²) in [6, 6.07) is 12.7. The normalized spacial score (nSPS) is 11.7. The molecule has 0 aromatic heterocycles. The van der Waals surface area contributed by atoms with Crippen molar-refractivity contribution in [1.82, 2.24) is 0 Å². The minimum Gasteiger partial charge on any atom is -0.461 e. The van der Waals surface area contributed by atoms with Crippen molar-refractivity contribution in [2.24, 2.45) is 5.73 Å². The van der Waals surface area contributed by atoms with Crippen LogP contribution in [0.2, 0.25) is 0 Å². The second-order valence-electron chi connectivity index (χ2n) is 5.38. The van der Waals surface area contributed by atoms with Crippen LogP contribution in [0.1, 0.15) is 40.7 Å². The largest absolute Gasteiger partial charge is 0.461 e. The molecule has 2 rings (SSSR count). The molecular formula is C18H18FNO3. The Kier molecular flexibility index (Phi) is 5.46. The minimum atomic E-state index is -0.525. The summed E-state index contributed by atoms with van der Waals surface area (Å²) in [6.45, 7) is 1.96. The van der Waals surface area contributed by atoms with Gasteiger partial charge in [-0.1, -0.05) is 31.2 Å². The minimum absolute atomic E-state index is 0.0694. The number of carbonyl (C=O) groups is 2. The molecule has 0 aliphatic carbocycles. The third-order valence-electron chi connectivity index (χ3n) is 3.52. The molecule has 1 unspecified atom stereocenters. The molecule has 2 N–H and O–H groups in total. The van der Waals surface area contributed by atoms with E-state index in [4.69, 9.17) is 10.5 Å². The van der Waals surface area contributed by atoms with Gasteiger partial charge >= 0.3 is 5.97 Å². The number of amides is 1. The van der Waals surface area contributed by atoms with E-state index in [1.807, 2.05) is 6.92 Å². The highest BCUT2D eigenvalue weighted by atomic mass is 19.1. The van der Waals surface area contributed by atoms with E-state index in [-0.39, 0.29) is 30.7 Å². The Morgan fingerprint density at radius 1 is 1.17 bits per heavy atom. The summed E-state index contributed by atoms with van der Waals surface area (Å²) in [5, 5.41) is 0. The van der Waals surface area contributed by atoms with Gasteiger partial charge in [-0.15, -0.1) is 0 Å². The van der Waals surface area contributed by atoms with E-state index < -0.39 is 5.91 Å². The topological polar surface area (TPSA) is 69.4 Å². The highest BCUT2D eigenvalue weighted by Gasteiger charge is 2.13. The molecule has 0 bridgehead atoms. The Hall–Kier alpha value is -2.69. The number of esters is 1. The summed E-state index contributed by atoms with van der Waals surface area (Å²) in [4.78, 5) is 23.0. The van der Waals surface area contributed by atoms with Crippen LogP contribution in [-0.2, 0) is 16.1 Å². The van der Waals surface area contributed by atoms with Gasteiger partial charge in [-0.25, -0.2) is 4.39 Å². The molecular weight excluding hydrogens is 297 g/mol. The Morgan fingerprint density at radius 2 is 1.87 bits per heavy atom. The summed E-state index contributed by atoms with van der Waals surface area (Å²) >= 11 is 0. The Labute approximate surface area is 134 Å². The lowest BCUT2D eigenvalue weighted by atomic mass is 9.98. The molecule has 120 valence electrons. The van der Waals surface area contributed by atoms with Gasteiger partial charge in [0.1, 0.15) is 12.4 Å². The number of hydrogen-bond acceptors (Lipinski definition) is 3. The molecule has 2 aromatic rings. The van der Waals surface area contributed by atoms with Crippen LogP contribution in [0.25, 0.3) is 0 Å². The zero-order valence-electron chi connectivity index (χ0n) is 12.8. The maximum absolute atomic E-state index is 12.9. The van der Waals surface area contributed by atoms with Crippen LogP contribution in [0, 0.1) is 5.82 Å². The zero-order valence-corrected chi connectivity index (χ0v) is 12.8. The number of rotatable bonds is 6. The van der Waals surface area contributed by atoms with Crippen LogP contribution in [-0.4, -0.2) is 11.9 Å². The lowest BCUT2D eigenvalue weighted by molar-refractivity contribution is -0.145. The zero-order chi connectivity index (χ0) is 16.8. The number of halogens is 1. The van der Waals surface area contributed by atoms with Crippen molar-refractivity contribution < 1.29 is 18.7 Å². The molecule has 0 radical (unpaired) electrons. The summed E-state index contributed by atoms with van der Waals surface area (Å²) < 4.78 is 18.1. The summed E-state index contributed by atoms with van der Waals surface area (Å²) in [5.41, 5.74) is 7.15. The van der Waals surface area contributed by atoms with Crippen molar-refractivity contribution in [3.05, 3.63) is 71.0 Å². The molecule has 1 amide bonds.